The quantitative estimate of drug-likeness (QED) is 0.454. The van der Waals surface area contributed by atoms with Crippen LogP contribution in [-0.2, 0) is 0 Å². The summed E-state index contributed by atoms with van der Waals surface area (Å²) >= 11 is 5.92. The third kappa shape index (κ3) is 4.44. The molecule has 3 aromatic rings. The first-order valence-electron chi connectivity index (χ1n) is 7.00. The number of nitrogens with zero attached hydrogens (tertiary/aromatic N) is 1. The van der Waals surface area contributed by atoms with Crippen molar-refractivity contribution >= 4 is 54.4 Å². The SMILES string of the molecule is Cc1nc2cc(F)c(Br)cc2c(=O)[nH]1.NC(=O)c1cc(Br)c(F)cc1N. The normalized spacial score (nSPS) is 10.3. The summed E-state index contributed by atoms with van der Waals surface area (Å²) in [6, 6.07) is 4.97. The summed E-state index contributed by atoms with van der Waals surface area (Å²) in [5, 5.41) is 0.379. The van der Waals surface area contributed by atoms with Gasteiger partial charge in [0.15, 0.2) is 0 Å². The van der Waals surface area contributed by atoms with Crippen molar-refractivity contribution in [3.8, 4) is 0 Å². The molecule has 1 aromatic heterocycles. The summed E-state index contributed by atoms with van der Waals surface area (Å²) in [7, 11) is 0. The number of nitrogens with two attached hydrogens (primary N) is 2. The summed E-state index contributed by atoms with van der Waals surface area (Å²) < 4.78 is 26.3. The highest BCUT2D eigenvalue weighted by atomic mass is 79.9. The van der Waals surface area contributed by atoms with Crippen LogP contribution in [0.3, 0.4) is 0 Å². The number of aromatic nitrogens is 2. The lowest BCUT2D eigenvalue weighted by Gasteiger charge is -2.02. The third-order valence-corrected chi connectivity index (χ3v) is 4.44. The number of aryl methyl sites for hydroxylation is 1. The van der Waals surface area contributed by atoms with Crippen molar-refractivity contribution in [1.82, 2.24) is 9.97 Å². The number of benzene rings is 2. The van der Waals surface area contributed by atoms with Gasteiger partial charge in [0, 0.05) is 11.8 Å². The second-order valence-corrected chi connectivity index (χ2v) is 6.86. The molecule has 5 N–H and O–H groups in total. The molecule has 0 aliphatic heterocycles. The van der Waals surface area contributed by atoms with Gasteiger partial charge in [-0.15, -0.1) is 0 Å². The number of primary amides is 1. The molecule has 6 nitrogen and oxygen atoms in total. The van der Waals surface area contributed by atoms with E-state index in [4.69, 9.17) is 11.5 Å². The lowest BCUT2D eigenvalue weighted by molar-refractivity contribution is 0.100. The minimum absolute atomic E-state index is 0.0446. The van der Waals surface area contributed by atoms with Crippen LogP contribution in [0.5, 0.6) is 0 Å². The molecule has 3 rings (SSSR count). The van der Waals surface area contributed by atoms with Crippen LogP contribution in [0.25, 0.3) is 10.9 Å². The van der Waals surface area contributed by atoms with Crippen molar-refractivity contribution in [3.05, 3.63) is 66.6 Å². The predicted octanol–water partition coefficient (Wildman–Crippen LogP) is 3.40. The number of anilines is 1. The van der Waals surface area contributed by atoms with Crippen LogP contribution in [0.4, 0.5) is 14.5 Å². The zero-order valence-electron chi connectivity index (χ0n) is 13.2. The highest BCUT2D eigenvalue weighted by Gasteiger charge is 2.09. The Balaban J connectivity index is 0.000000190. The first-order valence-corrected chi connectivity index (χ1v) is 8.58. The molecule has 0 radical (unpaired) electrons. The van der Waals surface area contributed by atoms with Gasteiger partial charge < -0.3 is 16.5 Å². The highest BCUT2D eigenvalue weighted by Crippen LogP contribution is 2.22. The first-order chi connectivity index (χ1) is 12.1. The van der Waals surface area contributed by atoms with Gasteiger partial charge >= 0.3 is 0 Å². The smallest absolute Gasteiger partial charge is 0.258 e. The zero-order chi connectivity index (χ0) is 19.6. The van der Waals surface area contributed by atoms with Crippen LogP contribution >= 0.6 is 31.9 Å². The lowest BCUT2D eigenvalue weighted by Crippen LogP contribution is -2.13. The maximum atomic E-state index is 13.1. The van der Waals surface area contributed by atoms with E-state index in [2.05, 4.69) is 41.8 Å². The molecule has 0 saturated carbocycles. The van der Waals surface area contributed by atoms with Crippen LogP contribution in [0.1, 0.15) is 16.2 Å². The largest absolute Gasteiger partial charge is 0.398 e. The van der Waals surface area contributed by atoms with Crippen LogP contribution in [0.15, 0.2) is 38.0 Å². The van der Waals surface area contributed by atoms with Gasteiger partial charge in [-0.1, -0.05) is 0 Å². The summed E-state index contributed by atoms with van der Waals surface area (Å²) in [5.41, 5.74) is 10.6. The molecule has 0 aliphatic rings. The molecule has 10 heteroatoms. The fraction of sp³-hybridized carbons (Fsp3) is 0.0625. The Morgan fingerprint density at radius 1 is 1.12 bits per heavy atom. The molecule has 136 valence electrons. The van der Waals surface area contributed by atoms with Crippen molar-refractivity contribution in [2.24, 2.45) is 5.73 Å². The predicted molar refractivity (Wildman–Crippen MR) is 102 cm³/mol. The van der Waals surface area contributed by atoms with Gasteiger partial charge in [-0.2, -0.15) is 0 Å². The van der Waals surface area contributed by atoms with E-state index in [1.54, 1.807) is 6.92 Å². The third-order valence-electron chi connectivity index (χ3n) is 3.22. The van der Waals surface area contributed by atoms with E-state index in [9.17, 15) is 18.4 Å². The van der Waals surface area contributed by atoms with Gasteiger partial charge in [0.2, 0.25) is 0 Å². The van der Waals surface area contributed by atoms with E-state index >= 15 is 0 Å². The molecule has 0 bridgehead atoms. The molecule has 0 fully saturated rings. The lowest BCUT2D eigenvalue weighted by atomic mass is 10.2. The van der Waals surface area contributed by atoms with Crippen LogP contribution in [0, 0.1) is 18.6 Å². The maximum absolute atomic E-state index is 13.1. The molecular formula is C16H12Br2F2N4O2. The Kier molecular flexibility index (Phi) is 6.09. The van der Waals surface area contributed by atoms with E-state index < -0.39 is 17.5 Å². The van der Waals surface area contributed by atoms with E-state index in [1.165, 1.54) is 18.2 Å². The minimum Gasteiger partial charge on any atom is -0.398 e. The van der Waals surface area contributed by atoms with Gasteiger partial charge in [-0.05, 0) is 57.0 Å². The Morgan fingerprint density at radius 3 is 2.31 bits per heavy atom. The van der Waals surface area contributed by atoms with Crippen LogP contribution in [0.2, 0.25) is 0 Å². The number of amides is 1. The number of carbonyl (C=O) groups excluding carboxylic acids is 1. The number of rotatable bonds is 1. The Labute approximate surface area is 162 Å². The monoisotopic (exact) mass is 488 g/mol. The second-order valence-electron chi connectivity index (χ2n) is 5.15. The van der Waals surface area contributed by atoms with Crippen LogP contribution < -0.4 is 17.0 Å². The number of aromatic amines is 1. The summed E-state index contributed by atoms with van der Waals surface area (Å²) in [5.74, 6) is -1.13. The van der Waals surface area contributed by atoms with E-state index in [0.717, 1.165) is 6.07 Å². The van der Waals surface area contributed by atoms with E-state index in [0.29, 0.717) is 16.7 Å². The number of nitrogens with one attached hydrogen (secondary N) is 1. The Morgan fingerprint density at radius 2 is 1.69 bits per heavy atom. The summed E-state index contributed by atoms with van der Waals surface area (Å²) in [6.45, 7) is 1.65. The number of hydrogen-bond acceptors (Lipinski definition) is 4. The molecule has 0 atom stereocenters. The first kappa shape index (κ1) is 20.0. The van der Waals surface area contributed by atoms with Gasteiger partial charge in [-0.3, -0.25) is 9.59 Å². The van der Waals surface area contributed by atoms with Crippen molar-refractivity contribution in [1.29, 1.82) is 0 Å². The van der Waals surface area contributed by atoms with Gasteiger partial charge in [0.1, 0.15) is 17.5 Å². The molecule has 0 unspecified atom stereocenters. The van der Waals surface area contributed by atoms with Gasteiger partial charge in [0.05, 0.1) is 25.4 Å². The zero-order valence-corrected chi connectivity index (χ0v) is 16.4. The standard InChI is InChI=1S/C9H6BrFN2O.C7H6BrFN2O/c1-4-12-8-3-7(11)6(10)2-5(8)9(14)13-4;8-4-1-3(7(11)12)6(10)2-5(4)9/h2-3H,1H3,(H,12,13,14);1-2H,10H2,(H2,11,12). The fourth-order valence-electron chi connectivity index (χ4n) is 2.03. The van der Waals surface area contributed by atoms with Crippen molar-refractivity contribution in [2.75, 3.05) is 5.73 Å². The number of hydrogen-bond donors (Lipinski definition) is 3. The molecule has 0 aliphatic carbocycles. The van der Waals surface area contributed by atoms with Crippen molar-refractivity contribution in [3.63, 3.8) is 0 Å². The number of H-pyrrole nitrogens is 1. The molecule has 0 saturated heterocycles. The topological polar surface area (TPSA) is 115 Å². The number of fused-ring (bicyclic) bond motifs is 1. The van der Waals surface area contributed by atoms with Crippen molar-refractivity contribution in [2.45, 2.75) is 6.92 Å². The number of carbonyl (C=O) groups is 1. The van der Waals surface area contributed by atoms with Gasteiger partial charge in [-0.25, -0.2) is 13.8 Å². The average Bonchev–Trinajstić information content (AvgIpc) is 2.53. The number of halogens is 4. The summed E-state index contributed by atoms with van der Waals surface area (Å²) in [6.07, 6.45) is 0. The second kappa shape index (κ2) is 7.92. The Hall–Kier alpha value is -2.33. The highest BCUT2D eigenvalue weighted by molar-refractivity contribution is 9.10. The average molecular weight is 490 g/mol. The molecule has 1 heterocycles. The maximum Gasteiger partial charge on any atom is 0.258 e. The van der Waals surface area contributed by atoms with E-state index in [-0.39, 0.29) is 25.8 Å². The molecular weight excluding hydrogens is 478 g/mol. The molecule has 0 spiro atoms. The fourth-order valence-corrected chi connectivity index (χ4v) is 2.71. The minimum atomic E-state index is -0.673. The van der Waals surface area contributed by atoms with E-state index in [1.807, 2.05) is 0 Å². The molecule has 1 amide bonds. The Bertz CT molecular complexity index is 1070. The number of nitrogen functional groups attached to an aromatic ring is 1. The summed E-state index contributed by atoms with van der Waals surface area (Å²) in [4.78, 5) is 28.7. The van der Waals surface area contributed by atoms with Crippen LogP contribution in [-0.4, -0.2) is 15.9 Å². The molecule has 2 aromatic carbocycles. The van der Waals surface area contributed by atoms with Gasteiger partial charge in [0.25, 0.3) is 11.5 Å². The molecule has 26 heavy (non-hydrogen) atoms. The van der Waals surface area contributed by atoms with Crippen molar-refractivity contribution < 1.29 is 13.6 Å².